The fourth-order valence-corrected chi connectivity index (χ4v) is 3.41. The fraction of sp³-hybridized carbons (Fsp3) is 0.650. The van der Waals surface area contributed by atoms with E-state index in [0.29, 0.717) is 32.5 Å². The first-order valence-electron chi connectivity index (χ1n) is 10.1. The highest BCUT2D eigenvalue weighted by atomic mass is 19.4. The predicted molar refractivity (Wildman–Crippen MR) is 105 cm³/mol. The van der Waals surface area contributed by atoms with Crippen LogP contribution in [0.25, 0.3) is 0 Å². The first-order valence-corrected chi connectivity index (χ1v) is 10.1. The summed E-state index contributed by atoms with van der Waals surface area (Å²) in [5.41, 5.74) is -0.518. The molecule has 1 N–H and O–H groups in total. The minimum atomic E-state index is -4.36. The van der Waals surface area contributed by atoms with Crippen LogP contribution in [0.4, 0.5) is 24.5 Å². The van der Waals surface area contributed by atoms with E-state index >= 15 is 0 Å². The number of ether oxygens (including phenoxy) is 2. The molecule has 2 atom stereocenters. The van der Waals surface area contributed by atoms with Crippen molar-refractivity contribution in [2.24, 2.45) is 11.8 Å². The van der Waals surface area contributed by atoms with E-state index in [4.69, 9.17) is 9.47 Å². The van der Waals surface area contributed by atoms with Crippen molar-refractivity contribution in [2.75, 3.05) is 18.5 Å². The van der Waals surface area contributed by atoms with Gasteiger partial charge in [-0.2, -0.15) is 13.2 Å². The maximum atomic E-state index is 13.0. The van der Waals surface area contributed by atoms with Gasteiger partial charge in [0.2, 0.25) is 5.91 Å². The van der Waals surface area contributed by atoms with Gasteiger partial charge in [-0.25, -0.2) is 0 Å². The standard InChI is InChI=1S/C20H27F3N2O5/c1-3-8-29-17-11-15(16(25(27)28)12-18(17)30-9-4-2)24-19(26)13-6-5-7-14(10-13)20(21,22)23/h11-14H,3-10H2,1-2H3,(H,24,26). The van der Waals surface area contributed by atoms with Gasteiger partial charge in [-0.15, -0.1) is 0 Å². The molecule has 1 aromatic rings. The molecule has 10 heteroatoms. The monoisotopic (exact) mass is 432 g/mol. The van der Waals surface area contributed by atoms with Gasteiger partial charge in [0.25, 0.3) is 5.69 Å². The number of carbonyl (C=O) groups is 1. The molecule has 2 rings (SSSR count). The number of hydrogen-bond donors (Lipinski definition) is 1. The van der Waals surface area contributed by atoms with Gasteiger partial charge in [-0.1, -0.05) is 20.3 Å². The zero-order chi connectivity index (χ0) is 22.3. The van der Waals surface area contributed by atoms with E-state index in [0.717, 1.165) is 0 Å². The largest absolute Gasteiger partial charge is 0.490 e. The molecular weight excluding hydrogens is 405 g/mol. The van der Waals surface area contributed by atoms with Gasteiger partial charge in [-0.05, 0) is 32.1 Å². The Morgan fingerprint density at radius 1 is 1.17 bits per heavy atom. The van der Waals surface area contributed by atoms with Crippen LogP contribution in [-0.2, 0) is 4.79 Å². The second-order valence-corrected chi connectivity index (χ2v) is 7.36. The summed E-state index contributed by atoms with van der Waals surface area (Å²) in [4.78, 5) is 23.5. The Bertz CT molecular complexity index is 755. The van der Waals surface area contributed by atoms with Crippen LogP contribution in [0.5, 0.6) is 11.5 Å². The summed E-state index contributed by atoms with van der Waals surface area (Å²) in [6.45, 7) is 4.44. The normalized spacial score (nSPS) is 19.2. The highest BCUT2D eigenvalue weighted by Gasteiger charge is 2.43. The van der Waals surface area contributed by atoms with Gasteiger partial charge in [-0.3, -0.25) is 14.9 Å². The summed E-state index contributed by atoms with van der Waals surface area (Å²) in [6, 6.07) is 2.48. The minimum Gasteiger partial charge on any atom is -0.490 e. The predicted octanol–water partition coefficient (Wildman–Crippen LogP) is 5.48. The lowest BCUT2D eigenvalue weighted by Crippen LogP contribution is -2.34. The molecule has 7 nitrogen and oxygen atoms in total. The lowest BCUT2D eigenvalue weighted by Gasteiger charge is -2.29. The molecule has 1 saturated carbocycles. The number of nitro groups is 1. The van der Waals surface area contributed by atoms with Crippen molar-refractivity contribution in [1.82, 2.24) is 0 Å². The summed E-state index contributed by atoms with van der Waals surface area (Å²) >= 11 is 0. The summed E-state index contributed by atoms with van der Waals surface area (Å²) in [5.74, 6) is -2.63. The molecule has 1 aromatic carbocycles. The Kier molecular flexibility index (Phi) is 8.31. The third kappa shape index (κ3) is 6.24. The lowest BCUT2D eigenvalue weighted by molar-refractivity contribution is -0.384. The lowest BCUT2D eigenvalue weighted by atomic mass is 9.80. The Morgan fingerprint density at radius 2 is 1.77 bits per heavy atom. The van der Waals surface area contributed by atoms with E-state index in [1.165, 1.54) is 12.1 Å². The molecule has 0 spiro atoms. The van der Waals surface area contributed by atoms with Gasteiger partial charge >= 0.3 is 6.18 Å². The fourth-order valence-electron chi connectivity index (χ4n) is 3.41. The van der Waals surface area contributed by atoms with E-state index in [1.54, 1.807) is 0 Å². The minimum absolute atomic E-state index is 0.00804. The number of hydrogen-bond acceptors (Lipinski definition) is 5. The van der Waals surface area contributed by atoms with Crippen LogP contribution < -0.4 is 14.8 Å². The molecule has 0 aromatic heterocycles. The Labute approximate surface area is 173 Å². The molecule has 0 bridgehead atoms. The van der Waals surface area contributed by atoms with E-state index < -0.39 is 34.5 Å². The summed E-state index contributed by atoms with van der Waals surface area (Å²) in [5, 5.41) is 14.0. The van der Waals surface area contributed by atoms with Crippen LogP contribution in [0.1, 0.15) is 52.4 Å². The molecule has 0 aliphatic heterocycles. The maximum Gasteiger partial charge on any atom is 0.391 e. The van der Waals surface area contributed by atoms with Crippen LogP contribution in [0.3, 0.4) is 0 Å². The third-order valence-electron chi connectivity index (χ3n) is 4.95. The van der Waals surface area contributed by atoms with Crippen molar-refractivity contribution < 1.29 is 32.4 Å². The topological polar surface area (TPSA) is 90.7 Å². The molecule has 1 amide bonds. The van der Waals surface area contributed by atoms with Crippen molar-refractivity contribution in [3.05, 3.63) is 22.2 Å². The van der Waals surface area contributed by atoms with E-state index in [9.17, 15) is 28.1 Å². The second kappa shape index (κ2) is 10.5. The summed E-state index contributed by atoms with van der Waals surface area (Å²) in [7, 11) is 0. The van der Waals surface area contributed by atoms with Crippen LogP contribution >= 0.6 is 0 Å². The number of amides is 1. The van der Waals surface area contributed by atoms with E-state index in [2.05, 4.69) is 5.32 Å². The van der Waals surface area contributed by atoms with Crippen LogP contribution in [0, 0.1) is 22.0 Å². The van der Waals surface area contributed by atoms with Gasteiger partial charge in [0.15, 0.2) is 11.5 Å². The SMILES string of the molecule is CCCOc1cc(NC(=O)C2CCCC(C(F)(F)F)C2)c([N+](=O)[O-])cc1OCCC. The first-order chi connectivity index (χ1) is 14.2. The molecule has 0 radical (unpaired) electrons. The number of carbonyl (C=O) groups excluding carboxylic acids is 1. The zero-order valence-electron chi connectivity index (χ0n) is 17.1. The number of alkyl halides is 3. The molecule has 2 unspecified atom stereocenters. The third-order valence-corrected chi connectivity index (χ3v) is 4.95. The number of nitrogens with zero attached hydrogens (tertiary/aromatic N) is 1. The quantitative estimate of drug-likeness (QED) is 0.412. The first kappa shape index (κ1) is 23.8. The van der Waals surface area contributed by atoms with Crippen LogP contribution in [0.15, 0.2) is 12.1 Å². The number of benzene rings is 1. The molecule has 1 fully saturated rings. The Hall–Kier alpha value is -2.52. The van der Waals surface area contributed by atoms with Gasteiger partial charge in [0, 0.05) is 12.0 Å². The van der Waals surface area contributed by atoms with Crippen molar-refractivity contribution in [2.45, 2.75) is 58.5 Å². The molecule has 168 valence electrons. The Balaban J connectivity index is 2.27. The van der Waals surface area contributed by atoms with Crippen molar-refractivity contribution in [1.29, 1.82) is 0 Å². The molecule has 0 saturated heterocycles. The van der Waals surface area contributed by atoms with E-state index in [-0.39, 0.29) is 36.4 Å². The van der Waals surface area contributed by atoms with Crippen molar-refractivity contribution in [3.8, 4) is 11.5 Å². The summed E-state index contributed by atoms with van der Waals surface area (Å²) < 4.78 is 50.3. The number of nitrogens with one attached hydrogen (secondary N) is 1. The van der Waals surface area contributed by atoms with E-state index in [1.807, 2.05) is 13.8 Å². The van der Waals surface area contributed by atoms with Crippen LogP contribution in [0.2, 0.25) is 0 Å². The summed E-state index contributed by atoms with van der Waals surface area (Å²) in [6.07, 6.45) is -2.73. The maximum absolute atomic E-state index is 13.0. The second-order valence-electron chi connectivity index (χ2n) is 7.36. The zero-order valence-corrected chi connectivity index (χ0v) is 17.1. The highest BCUT2D eigenvalue weighted by molar-refractivity contribution is 5.95. The van der Waals surface area contributed by atoms with Crippen LogP contribution in [-0.4, -0.2) is 30.2 Å². The van der Waals surface area contributed by atoms with Gasteiger partial charge in [0.1, 0.15) is 5.69 Å². The van der Waals surface area contributed by atoms with Gasteiger partial charge < -0.3 is 14.8 Å². The molecule has 30 heavy (non-hydrogen) atoms. The highest BCUT2D eigenvalue weighted by Crippen LogP contribution is 2.42. The number of nitro benzene ring substituents is 1. The van der Waals surface area contributed by atoms with Gasteiger partial charge in [0.05, 0.1) is 30.1 Å². The average Bonchev–Trinajstić information content (AvgIpc) is 2.70. The Morgan fingerprint density at radius 3 is 2.30 bits per heavy atom. The smallest absolute Gasteiger partial charge is 0.391 e. The molecular formula is C20H27F3N2O5. The number of rotatable bonds is 9. The van der Waals surface area contributed by atoms with Crippen molar-refractivity contribution in [3.63, 3.8) is 0 Å². The number of halogens is 3. The average molecular weight is 432 g/mol. The molecule has 1 aliphatic carbocycles. The number of anilines is 1. The molecule has 0 heterocycles. The molecule has 1 aliphatic rings. The van der Waals surface area contributed by atoms with Crippen molar-refractivity contribution >= 4 is 17.3 Å².